The smallest absolute Gasteiger partial charge is 0.408 e. The van der Waals surface area contributed by atoms with Gasteiger partial charge in [-0.3, -0.25) is 4.68 Å². The van der Waals surface area contributed by atoms with Crippen molar-refractivity contribution in [3.63, 3.8) is 0 Å². The van der Waals surface area contributed by atoms with E-state index < -0.39 is 42.3 Å². The van der Waals surface area contributed by atoms with E-state index in [1.807, 2.05) is 34.9 Å². The number of alkyl halides is 4. The molecule has 3 aliphatic heterocycles. The molecule has 1 atom stereocenters. The molecule has 0 saturated carbocycles. The molecule has 3 aromatic rings. The van der Waals surface area contributed by atoms with Crippen molar-refractivity contribution in [3.8, 4) is 45.5 Å². The molecule has 1 aromatic carbocycles. The van der Waals surface area contributed by atoms with Gasteiger partial charge in [-0.15, -0.1) is 5.10 Å². The minimum Gasteiger partial charge on any atom is -0.475 e. The van der Waals surface area contributed by atoms with E-state index in [0.717, 1.165) is 5.56 Å². The van der Waals surface area contributed by atoms with Gasteiger partial charge >= 0.3 is 12.7 Å². The predicted octanol–water partition coefficient (Wildman–Crippen LogP) is 6.12. The van der Waals surface area contributed by atoms with Crippen LogP contribution in [0.5, 0.6) is 11.8 Å². The number of fused-ring (bicyclic) bond motifs is 2. The topological polar surface area (TPSA) is 110 Å². The normalized spacial score (nSPS) is 14.9. The van der Waals surface area contributed by atoms with Gasteiger partial charge in [0.1, 0.15) is 23.7 Å². The molecule has 5 heterocycles. The summed E-state index contributed by atoms with van der Waals surface area (Å²) in [5.74, 6) is 0.00811. The zero-order valence-corrected chi connectivity index (χ0v) is 25.4. The zero-order chi connectivity index (χ0) is 32.7. The second-order valence-corrected chi connectivity index (χ2v) is 11.8. The molecule has 0 bridgehead atoms. The fraction of sp³-hybridized carbons (Fsp3) is 0.355. The van der Waals surface area contributed by atoms with Gasteiger partial charge in [0.05, 0.1) is 29.4 Å². The van der Waals surface area contributed by atoms with Crippen LogP contribution in [0.15, 0.2) is 54.9 Å². The molecule has 6 rings (SSSR count). The highest BCUT2D eigenvalue weighted by molar-refractivity contribution is 5.97. The second-order valence-electron chi connectivity index (χ2n) is 11.8. The molecule has 46 heavy (non-hydrogen) atoms. The van der Waals surface area contributed by atoms with E-state index >= 15 is 0 Å². The lowest BCUT2D eigenvalue weighted by molar-refractivity contribution is -0.0527. The Labute approximate surface area is 261 Å². The lowest BCUT2D eigenvalue weighted by atomic mass is 9.98. The molecule has 1 amide bonds. The van der Waals surface area contributed by atoms with Crippen LogP contribution in [-0.2, 0) is 24.9 Å². The van der Waals surface area contributed by atoms with Crippen LogP contribution in [0.4, 0.5) is 22.4 Å². The summed E-state index contributed by atoms with van der Waals surface area (Å²) in [4.78, 5) is 17.2. The number of carbonyl (C=O) groups excluding carboxylic acids is 1. The maximum atomic E-state index is 14.7. The standard InChI is InChI=1S/C31H31F4N7O4/c1-31(2,3)46-30(43)36-18-14-42-28(44-16-18)22(24(38-42)25(32)33)23-21(20-15-40(4)39-27(20)45-29(34)35)19-11-8-12-41(26(19)37-23)13-17-9-6-5-7-10-17/h5-12,15,18,25,29H,13-14,16H2,1-4H3,(H,36,43)/t18-/m0/s1. The van der Waals surface area contributed by atoms with E-state index in [0.29, 0.717) is 17.9 Å². The van der Waals surface area contributed by atoms with E-state index in [1.54, 1.807) is 39.1 Å². The van der Waals surface area contributed by atoms with Gasteiger partial charge in [0.2, 0.25) is 11.8 Å². The Balaban J connectivity index is 1.51. The van der Waals surface area contributed by atoms with Crippen LogP contribution >= 0.6 is 0 Å². The summed E-state index contributed by atoms with van der Waals surface area (Å²) < 4.78 is 76.8. The first kappa shape index (κ1) is 30.9. The fourth-order valence-electron chi connectivity index (χ4n) is 5.44. The number of pyridine rings is 1. The van der Waals surface area contributed by atoms with Crippen LogP contribution in [-0.4, -0.2) is 60.1 Å². The van der Waals surface area contributed by atoms with Gasteiger partial charge in [-0.2, -0.15) is 13.9 Å². The third-order valence-electron chi connectivity index (χ3n) is 7.14. The number of alkyl carbamates (subject to hydrolysis) is 1. The average molecular weight is 642 g/mol. The fourth-order valence-corrected chi connectivity index (χ4v) is 5.44. The number of halogens is 4. The first-order valence-corrected chi connectivity index (χ1v) is 14.4. The first-order valence-electron chi connectivity index (χ1n) is 14.4. The van der Waals surface area contributed by atoms with Crippen molar-refractivity contribution >= 4 is 6.09 Å². The van der Waals surface area contributed by atoms with Crippen LogP contribution < -0.4 is 14.8 Å². The van der Waals surface area contributed by atoms with Crippen molar-refractivity contribution < 1.29 is 36.6 Å². The van der Waals surface area contributed by atoms with Gasteiger partial charge in [0.25, 0.3) is 6.43 Å². The Bertz CT molecular complexity index is 1830. The number of carbonyl (C=O) groups is 1. The molecule has 2 aromatic heterocycles. The van der Waals surface area contributed by atoms with Gasteiger partial charge in [0.15, 0.2) is 0 Å². The molecule has 15 heteroatoms. The zero-order valence-electron chi connectivity index (χ0n) is 25.4. The summed E-state index contributed by atoms with van der Waals surface area (Å²) in [7, 11) is 1.53. The number of benzene rings is 1. The maximum Gasteiger partial charge on any atom is 0.408 e. The molecule has 0 radical (unpaired) electrons. The Hall–Kier alpha value is -5.08. The van der Waals surface area contributed by atoms with Crippen LogP contribution in [0.1, 0.15) is 38.5 Å². The third kappa shape index (κ3) is 6.21. The summed E-state index contributed by atoms with van der Waals surface area (Å²) >= 11 is 0. The highest BCUT2D eigenvalue weighted by Gasteiger charge is 2.37. The summed E-state index contributed by atoms with van der Waals surface area (Å²) in [5, 5.41) is 10.9. The second kappa shape index (κ2) is 12.0. The van der Waals surface area contributed by atoms with Gasteiger partial charge in [-0.25, -0.2) is 23.2 Å². The molecular formula is C31H31F4N7O4. The summed E-state index contributed by atoms with van der Waals surface area (Å²) in [6, 6.07) is 12.4. The van der Waals surface area contributed by atoms with E-state index in [1.165, 1.54) is 22.6 Å². The number of rotatable bonds is 8. The lowest BCUT2D eigenvalue weighted by Crippen LogP contribution is -2.46. The number of aryl methyl sites for hydroxylation is 1. The number of nitrogens with one attached hydrogen (secondary N) is 1. The molecule has 0 unspecified atom stereocenters. The number of nitrogens with zero attached hydrogens (tertiary/aromatic N) is 6. The Morgan fingerprint density at radius 3 is 2.52 bits per heavy atom. The predicted molar refractivity (Wildman–Crippen MR) is 158 cm³/mol. The average Bonchev–Trinajstić information content (AvgIpc) is 3.64. The van der Waals surface area contributed by atoms with Crippen LogP contribution in [0.3, 0.4) is 0 Å². The molecule has 0 spiro atoms. The van der Waals surface area contributed by atoms with Crippen molar-refractivity contribution in [1.82, 2.24) is 34.4 Å². The van der Waals surface area contributed by atoms with Gasteiger partial charge in [-0.05, 0) is 38.5 Å². The summed E-state index contributed by atoms with van der Waals surface area (Å²) in [5.41, 5.74) is 0.380. The Kier molecular flexibility index (Phi) is 8.08. The largest absolute Gasteiger partial charge is 0.475 e. The van der Waals surface area contributed by atoms with Gasteiger partial charge < -0.3 is 24.1 Å². The Morgan fingerprint density at radius 2 is 1.83 bits per heavy atom. The molecule has 0 saturated heterocycles. The van der Waals surface area contributed by atoms with Crippen molar-refractivity contribution in [2.45, 2.75) is 58.5 Å². The lowest BCUT2D eigenvalue weighted by Gasteiger charge is -2.27. The minimum absolute atomic E-state index is 0.00331. The van der Waals surface area contributed by atoms with Crippen LogP contribution in [0.2, 0.25) is 0 Å². The van der Waals surface area contributed by atoms with Crippen molar-refractivity contribution in [2.24, 2.45) is 7.05 Å². The number of hydrogen-bond donors (Lipinski definition) is 1. The third-order valence-corrected chi connectivity index (χ3v) is 7.14. The van der Waals surface area contributed by atoms with Crippen molar-refractivity contribution in [3.05, 3.63) is 66.1 Å². The number of hydrogen-bond acceptors (Lipinski definition) is 7. The highest BCUT2D eigenvalue weighted by atomic mass is 19.3. The van der Waals surface area contributed by atoms with E-state index in [4.69, 9.17) is 19.2 Å². The molecule has 0 aliphatic carbocycles. The quantitative estimate of drug-likeness (QED) is 0.203. The summed E-state index contributed by atoms with van der Waals surface area (Å²) in [6.45, 7) is 2.29. The van der Waals surface area contributed by atoms with Crippen LogP contribution in [0, 0.1) is 0 Å². The maximum absolute atomic E-state index is 14.7. The minimum atomic E-state index is -3.19. The highest BCUT2D eigenvalue weighted by Crippen LogP contribution is 2.49. The number of ether oxygens (including phenoxy) is 3. The van der Waals surface area contributed by atoms with Gasteiger partial charge in [0, 0.05) is 37.1 Å². The van der Waals surface area contributed by atoms with E-state index in [-0.39, 0.29) is 41.4 Å². The van der Waals surface area contributed by atoms with Gasteiger partial charge in [-0.1, -0.05) is 30.3 Å². The molecule has 1 N–H and O–H groups in total. The summed E-state index contributed by atoms with van der Waals surface area (Å²) in [6.07, 6.45) is -0.487. The molecule has 242 valence electrons. The Morgan fingerprint density at radius 1 is 1.07 bits per heavy atom. The first-order chi connectivity index (χ1) is 21.9. The van der Waals surface area contributed by atoms with Crippen molar-refractivity contribution in [1.29, 1.82) is 0 Å². The molecule has 11 nitrogen and oxygen atoms in total. The van der Waals surface area contributed by atoms with Crippen LogP contribution in [0.25, 0.3) is 33.8 Å². The molecule has 3 aliphatic rings. The SMILES string of the molecule is Cn1cc(-c2c3cccn(Cc4ccccc4)c-3nc2-c2c(C(F)F)nn3c2OC[C@@H](NC(=O)OC(C)(C)C)C3)c(OC(F)F)n1. The number of amides is 1. The van der Waals surface area contributed by atoms with E-state index in [2.05, 4.69) is 15.5 Å². The molecular weight excluding hydrogens is 610 g/mol. The monoisotopic (exact) mass is 641 g/mol. The number of aromatic nitrogens is 6. The van der Waals surface area contributed by atoms with Crippen molar-refractivity contribution in [2.75, 3.05) is 6.61 Å². The van der Waals surface area contributed by atoms with E-state index in [9.17, 15) is 22.4 Å². The molecule has 0 fully saturated rings.